The number of carbonyl (C=O) groups excluding carboxylic acids is 1. The molecule has 1 aromatic rings. The van der Waals surface area contributed by atoms with Gasteiger partial charge in [0.2, 0.25) is 5.91 Å². The molecule has 0 aromatic heterocycles. The fourth-order valence-corrected chi connectivity index (χ4v) is 2.23. The summed E-state index contributed by atoms with van der Waals surface area (Å²) in [6.45, 7) is 1.93. The molecule has 0 aliphatic carbocycles. The normalized spacial score (nSPS) is 12.4. The summed E-state index contributed by atoms with van der Waals surface area (Å²) >= 11 is 7.37. The summed E-state index contributed by atoms with van der Waals surface area (Å²) in [5, 5.41) is 0.465. The molecule has 0 aliphatic rings. The topological polar surface area (TPSA) is 43.1 Å². The number of amides is 1. The summed E-state index contributed by atoms with van der Waals surface area (Å²) in [6.07, 6.45) is 0.714. The lowest BCUT2D eigenvalue weighted by Crippen LogP contribution is -2.24. The molecule has 1 rings (SSSR count). The Morgan fingerprint density at radius 1 is 1.57 bits per heavy atom. The molecule has 1 unspecified atom stereocenters. The second-order valence-corrected chi connectivity index (χ2v) is 4.50. The number of hydrogen-bond donors (Lipinski definition) is 1. The fourth-order valence-electron chi connectivity index (χ4n) is 1.04. The smallest absolute Gasteiger partial charge is 0.230 e. The van der Waals surface area contributed by atoms with Crippen LogP contribution in [0.25, 0.3) is 0 Å². The van der Waals surface area contributed by atoms with E-state index in [0.29, 0.717) is 11.4 Å². The Labute approximate surface area is 92.8 Å². The molecule has 0 fully saturated rings. The van der Waals surface area contributed by atoms with Crippen LogP contribution in [0.1, 0.15) is 13.3 Å². The van der Waals surface area contributed by atoms with E-state index in [9.17, 15) is 4.79 Å². The molecule has 0 spiro atoms. The van der Waals surface area contributed by atoms with E-state index >= 15 is 0 Å². The van der Waals surface area contributed by atoms with Gasteiger partial charge in [-0.2, -0.15) is 0 Å². The predicted molar refractivity (Wildman–Crippen MR) is 60.6 cm³/mol. The monoisotopic (exact) mass is 229 g/mol. The number of benzene rings is 1. The van der Waals surface area contributed by atoms with E-state index in [-0.39, 0.29) is 11.2 Å². The molecule has 76 valence electrons. The first-order valence-corrected chi connectivity index (χ1v) is 5.61. The minimum atomic E-state index is -0.294. The molecule has 0 heterocycles. The lowest BCUT2D eigenvalue weighted by molar-refractivity contribution is -0.117. The fraction of sp³-hybridized carbons (Fsp3) is 0.300. The van der Waals surface area contributed by atoms with Crippen molar-refractivity contribution in [1.82, 2.24) is 0 Å². The number of rotatable bonds is 4. The average Bonchev–Trinajstić information content (AvgIpc) is 2.16. The second-order valence-electron chi connectivity index (χ2n) is 2.85. The van der Waals surface area contributed by atoms with Gasteiger partial charge >= 0.3 is 0 Å². The van der Waals surface area contributed by atoms with E-state index < -0.39 is 0 Å². The molecule has 4 heteroatoms. The Bertz CT molecular complexity index is 330. The van der Waals surface area contributed by atoms with E-state index in [0.717, 1.165) is 4.90 Å². The first-order valence-electron chi connectivity index (χ1n) is 4.35. The van der Waals surface area contributed by atoms with E-state index in [1.807, 2.05) is 25.1 Å². The largest absolute Gasteiger partial charge is 0.369 e. The lowest BCUT2D eigenvalue weighted by atomic mass is 10.3. The molecule has 2 nitrogen and oxygen atoms in total. The van der Waals surface area contributed by atoms with Crippen molar-refractivity contribution in [3.63, 3.8) is 0 Å². The van der Waals surface area contributed by atoms with Crippen molar-refractivity contribution >= 4 is 29.3 Å². The molecule has 1 atom stereocenters. The van der Waals surface area contributed by atoms with Crippen LogP contribution in [0, 0.1) is 0 Å². The number of hydrogen-bond acceptors (Lipinski definition) is 2. The van der Waals surface area contributed by atoms with Gasteiger partial charge in [-0.05, 0) is 18.6 Å². The number of halogens is 1. The molecule has 0 aliphatic heterocycles. The Balaban J connectivity index is 2.77. The minimum Gasteiger partial charge on any atom is -0.369 e. The molecule has 0 bridgehead atoms. The van der Waals surface area contributed by atoms with Crippen LogP contribution in [-0.2, 0) is 4.79 Å². The maximum Gasteiger partial charge on any atom is 0.230 e. The quantitative estimate of drug-likeness (QED) is 0.807. The van der Waals surface area contributed by atoms with Crippen LogP contribution in [0.2, 0.25) is 5.02 Å². The number of thioether (sulfide) groups is 1. The number of primary amides is 1. The third-order valence-electron chi connectivity index (χ3n) is 1.79. The van der Waals surface area contributed by atoms with Crippen molar-refractivity contribution in [2.75, 3.05) is 0 Å². The summed E-state index contributed by atoms with van der Waals surface area (Å²) in [6, 6.07) is 7.44. The Morgan fingerprint density at radius 3 is 2.71 bits per heavy atom. The van der Waals surface area contributed by atoms with Crippen LogP contribution in [0.4, 0.5) is 0 Å². The van der Waals surface area contributed by atoms with E-state index in [2.05, 4.69) is 0 Å². The highest BCUT2D eigenvalue weighted by Crippen LogP contribution is 2.31. The minimum absolute atomic E-state index is 0.199. The maximum atomic E-state index is 11.0. The summed E-state index contributed by atoms with van der Waals surface area (Å²) < 4.78 is 0. The predicted octanol–water partition coefficient (Wildman–Crippen LogP) is 2.70. The highest BCUT2D eigenvalue weighted by Gasteiger charge is 2.15. The van der Waals surface area contributed by atoms with Crippen LogP contribution in [0.5, 0.6) is 0 Å². The van der Waals surface area contributed by atoms with Gasteiger partial charge in [0.1, 0.15) is 0 Å². The Morgan fingerprint density at radius 2 is 2.21 bits per heavy atom. The first kappa shape index (κ1) is 11.4. The van der Waals surface area contributed by atoms with E-state index in [1.54, 1.807) is 6.07 Å². The van der Waals surface area contributed by atoms with Crippen LogP contribution in [0.15, 0.2) is 29.2 Å². The van der Waals surface area contributed by atoms with Crippen molar-refractivity contribution in [3.05, 3.63) is 29.3 Å². The zero-order valence-corrected chi connectivity index (χ0v) is 9.44. The standard InChI is InChI=1S/C10H12ClNOS/c1-2-8(10(12)13)14-9-6-4-3-5-7(9)11/h3-6,8H,2H2,1H3,(H2,12,13). The van der Waals surface area contributed by atoms with Gasteiger partial charge in [-0.3, -0.25) is 4.79 Å². The van der Waals surface area contributed by atoms with Crippen molar-refractivity contribution in [3.8, 4) is 0 Å². The maximum absolute atomic E-state index is 11.0. The molecule has 2 N–H and O–H groups in total. The summed E-state index contributed by atoms with van der Waals surface area (Å²) in [5.74, 6) is -0.294. The third kappa shape index (κ3) is 2.93. The molecule has 0 saturated heterocycles. The van der Waals surface area contributed by atoms with Gasteiger partial charge in [0, 0.05) is 4.90 Å². The van der Waals surface area contributed by atoms with Gasteiger partial charge in [0.05, 0.1) is 10.3 Å². The average molecular weight is 230 g/mol. The molecule has 1 amide bonds. The first-order chi connectivity index (χ1) is 6.65. The molecular weight excluding hydrogens is 218 g/mol. The highest BCUT2D eigenvalue weighted by atomic mass is 35.5. The van der Waals surface area contributed by atoms with Crippen LogP contribution < -0.4 is 5.73 Å². The van der Waals surface area contributed by atoms with Gasteiger partial charge in [-0.1, -0.05) is 30.7 Å². The van der Waals surface area contributed by atoms with Gasteiger partial charge in [0.25, 0.3) is 0 Å². The van der Waals surface area contributed by atoms with Gasteiger partial charge in [-0.15, -0.1) is 11.8 Å². The number of nitrogens with two attached hydrogens (primary N) is 1. The molecule has 1 aromatic carbocycles. The van der Waals surface area contributed by atoms with Gasteiger partial charge in [0.15, 0.2) is 0 Å². The van der Waals surface area contributed by atoms with Crippen molar-refractivity contribution in [2.24, 2.45) is 5.73 Å². The molecule has 0 saturated carbocycles. The van der Waals surface area contributed by atoms with E-state index in [1.165, 1.54) is 11.8 Å². The lowest BCUT2D eigenvalue weighted by Gasteiger charge is -2.10. The summed E-state index contributed by atoms with van der Waals surface area (Å²) in [5.41, 5.74) is 5.24. The van der Waals surface area contributed by atoms with Crippen LogP contribution >= 0.6 is 23.4 Å². The van der Waals surface area contributed by atoms with Crippen molar-refractivity contribution in [2.45, 2.75) is 23.5 Å². The number of carbonyl (C=O) groups is 1. The second kappa shape index (κ2) is 5.27. The van der Waals surface area contributed by atoms with Crippen molar-refractivity contribution < 1.29 is 4.79 Å². The summed E-state index contributed by atoms with van der Waals surface area (Å²) in [4.78, 5) is 11.9. The third-order valence-corrected chi connectivity index (χ3v) is 3.70. The Kier molecular flexibility index (Phi) is 4.29. The van der Waals surface area contributed by atoms with Crippen LogP contribution in [0.3, 0.4) is 0 Å². The zero-order valence-electron chi connectivity index (χ0n) is 7.87. The molecular formula is C10H12ClNOS. The summed E-state index contributed by atoms with van der Waals surface area (Å²) in [7, 11) is 0. The molecule has 0 radical (unpaired) electrons. The van der Waals surface area contributed by atoms with E-state index in [4.69, 9.17) is 17.3 Å². The SMILES string of the molecule is CCC(Sc1ccccc1Cl)C(N)=O. The van der Waals surface area contributed by atoms with Crippen molar-refractivity contribution in [1.29, 1.82) is 0 Å². The van der Waals surface area contributed by atoms with Gasteiger partial charge in [-0.25, -0.2) is 0 Å². The molecule has 14 heavy (non-hydrogen) atoms. The van der Waals surface area contributed by atoms with Gasteiger partial charge < -0.3 is 5.73 Å². The van der Waals surface area contributed by atoms with Crippen LogP contribution in [-0.4, -0.2) is 11.2 Å². The zero-order chi connectivity index (χ0) is 10.6. The Hall–Kier alpha value is -0.670. The highest BCUT2D eigenvalue weighted by molar-refractivity contribution is 8.00.